The maximum Gasteiger partial charge on any atom is 0.411 e. The summed E-state index contributed by atoms with van der Waals surface area (Å²) >= 11 is 3.32. The van der Waals surface area contributed by atoms with E-state index in [4.69, 9.17) is 4.74 Å². The number of ether oxygens (including phenoxy) is 2. The molecule has 0 N–H and O–H groups in total. The molecule has 0 heterocycles. The average molecular weight is 336 g/mol. The maximum absolute atomic E-state index is 11.8. The van der Waals surface area contributed by atoms with Gasteiger partial charge in [-0.05, 0) is 0 Å². The van der Waals surface area contributed by atoms with Crippen molar-refractivity contribution < 1.29 is 27.4 Å². The first-order valence-corrected chi connectivity index (χ1v) is 6.19. The van der Waals surface area contributed by atoms with Crippen LogP contribution in [-0.2, 0) is 14.3 Å². The number of amides is 1. The van der Waals surface area contributed by atoms with E-state index in [1.807, 2.05) is 0 Å². The highest BCUT2D eigenvalue weighted by Gasteiger charge is 2.27. The topological polar surface area (TPSA) is 38.8 Å². The van der Waals surface area contributed by atoms with E-state index in [-0.39, 0.29) is 23.8 Å². The van der Waals surface area contributed by atoms with Crippen LogP contribution in [0.2, 0.25) is 0 Å². The smallest absolute Gasteiger partial charge is 0.383 e. The van der Waals surface area contributed by atoms with E-state index < -0.39 is 12.8 Å². The van der Waals surface area contributed by atoms with E-state index in [2.05, 4.69) is 20.7 Å². The third-order valence-corrected chi connectivity index (χ3v) is 2.53. The van der Waals surface area contributed by atoms with Crippen LogP contribution in [0.5, 0.6) is 0 Å². The van der Waals surface area contributed by atoms with E-state index >= 15 is 0 Å². The summed E-state index contributed by atoms with van der Waals surface area (Å²) in [5.74, 6) is -0.266. The second kappa shape index (κ2) is 8.71. The molecule has 108 valence electrons. The van der Waals surface area contributed by atoms with Crippen molar-refractivity contribution in [2.75, 3.05) is 40.5 Å². The number of nitrogens with zero attached hydrogens (tertiary/aromatic N) is 1. The van der Waals surface area contributed by atoms with Crippen LogP contribution in [0.3, 0.4) is 0 Å². The first kappa shape index (κ1) is 17.7. The Morgan fingerprint density at radius 2 is 2.06 bits per heavy atom. The molecule has 0 rings (SSSR count). The predicted octanol–water partition coefficient (Wildman–Crippen LogP) is 1.82. The number of alkyl halides is 4. The summed E-state index contributed by atoms with van der Waals surface area (Å²) in [4.78, 5) is 12.9. The predicted molar refractivity (Wildman–Crippen MR) is 63.7 cm³/mol. The van der Waals surface area contributed by atoms with Crippen LogP contribution in [0.4, 0.5) is 13.2 Å². The van der Waals surface area contributed by atoms with Gasteiger partial charge in [-0.25, -0.2) is 0 Å². The lowest BCUT2D eigenvalue weighted by Gasteiger charge is -2.20. The van der Waals surface area contributed by atoms with Gasteiger partial charge in [-0.2, -0.15) is 13.2 Å². The summed E-state index contributed by atoms with van der Waals surface area (Å²) < 4.78 is 44.5. The summed E-state index contributed by atoms with van der Waals surface area (Å²) in [6.07, 6.45) is -4.42. The van der Waals surface area contributed by atoms with Crippen molar-refractivity contribution in [1.82, 2.24) is 4.90 Å². The molecule has 8 heteroatoms. The summed E-state index contributed by atoms with van der Waals surface area (Å²) in [5.41, 5.74) is 0. The molecule has 0 aliphatic rings. The van der Waals surface area contributed by atoms with E-state index in [1.165, 1.54) is 4.90 Å². The van der Waals surface area contributed by atoms with Gasteiger partial charge in [0.25, 0.3) is 0 Å². The van der Waals surface area contributed by atoms with Crippen LogP contribution in [0.25, 0.3) is 0 Å². The Hall–Kier alpha value is -0.340. The lowest BCUT2D eigenvalue weighted by atomic mass is 10.3. The molecule has 18 heavy (non-hydrogen) atoms. The Morgan fingerprint density at radius 3 is 2.56 bits per heavy atom. The molecule has 0 aliphatic heterocycles. The van der Waals surface area contributed by atoms with Crippen LogP contribution in [0.1, 0.15) is 6.42 Å². The van der Waals surface area contributed by atoms with Crippen molar-refractivity contribution in [3.8, 4) is 0 Å². The summed E-state index contributed by atoms with van der Waals surface area (Å²) in [7, 11) is 3.12. The van der Waals surface area contributed by atoms with Gasteiger partial charge in [0.2, 0.25) is 5.91 Å². The highest BCUT2D eigenvalue weighted by atomic mass is 79.9. The number of carbonyl (C=O) groups is 1. The van der Waals surface area contributed by atoms with E-state index in [0.717, 1.165) is 0 Å². The van der Waals surface area contributed by atoms with Gasteiger partial charge in [-0.15, -0.1) is 0 Å². The fourth-order valence-corrected chi connectivity index (χ4v) is 1.87. The second-order valence-corrected chi connectivity index (χ2v) is 5.04. The summed E-state index contributed by atoms with van der Waals surface area (Å²) in [6.45, 7) is -0.692. The number of carbonyl (C=O) groups excluding carboxylic acids is 1. The molecule has 0 aromatic rings. The Labute approximate surface area is 113 Å². The van der Waals surface area contributed by atoms with Gasteiger partial charge in [0, 0.05) is 20.7 Å². The molecule has 1 atom stereocenters. The quantitative estimate of drug-likeness (QED) is 0.501. The lowest BCUT2D eigenvalue weighted by Crippen LogP contribution is -2.34. The van der Waals surface area contributed by atoms with E-state index in [9.17, 15) is 18.0 Å². The minimum absolute atomic E-state index is 0.00690. The molecule has 0 saturated heterocycles. The standard InChI is InChI=1S/C10H17BrF3NO3/c1-15(5-8(11)6-17-2)9(16)3-4-18-7-10(12,13)14/h8H,3-7H2,1-2H3. The first-order valence-electron chi connectivity index (χ1n) is 5.27. The van der Waals surface area contributed by atoms with Gasteiger partial charge in [0.1, 0.15) is 6.61 Å². The van der Waals surface area contributed by atoms with Crippen molar-refractivity contribution in [1.29, 1.82) is 0 Å². The largest absolute Gasteiger partial charge is 0.411 e. The zero-order valence-electron chi connectivity index (χ0n) is 10.3. The van der Waals surface area contributed by atoms with Crippen LogP contribution in [0.15, 0.2) is 0 Å². The second-order valence-electron chi connectivity index (χ2n) is 3.74. The van der Waals surface area contributed by atoms with Crippen molar-refractivity contribution in [3.05, 3.63) is 0 Å². The Bertz CT molecular complexity index is 251. The molecule has 0 saturated carbocycles. The van der Waals surface area contributed by atoms with Crippen LogP contribution < -0.4 is 0 Å². The molecule has 1 unspecified atom stereocenters. The van der Waals surface area contributed by atoms with Crippen molar-refractivity contribution in [2.24, 2.45) is 0 Å². The molecule has 1 amide bonds. The molecule has 4 nitrogen and oxygen atoms in total. The number of methoxy groups -OCH3 is 1. The molecule has 0 spiro atoms. The minimum Gasteiger partial charge on any atom is -0.383 e. The molecule has 0 bridgehead atoms. The molecule has 0 aromatic heterocycles. The fourth-order valence-electron chi connectivity index (χ4n) is 1.17. The minimum atomic E-state index is -4.35. The van der Waals surface area contributed by atoms with Crippen LogP contribution in [-0.4, -0.2) is 62.3 Å². The first-order chi connectivity index (χ1) is 8.26. The maximum atomic E-state index is 11.8. The Kier molecular flexibility index (Phi) is 8.54. The van der Waals surface area contributed by atoms with Crippen LogP contribution in [0, 0.1) is 0 Å². The van der Waals surface area contributed by atoms with Gasteiger partial charge < -0.3 is 14.4 Å². The molecule has 0 fully saturated rings. The normalized spacial score (nSPS) is 13.4. The van der Waals surface area contributed by atoms with Crippen LogP contribution >= 0.6 is 15.9 Å². The lowest BCUT2D eigenvalue weighted by molar-refractivity contribution is -0.175. The van der Waals surface area contributed by atoms with Gasteiger partial charge >= 0.3 is 6.18 Å². The Morgan fingerprint density at radius 1 is 1.44 bits per heavy atom. The van der Waals surface area contributed by atoms with Gasteiger partial charge in [0.15, 0.2) is 0 Å². The molecule has 0 aliphatic carbocycles. The van der Waals surface area contributed by atoms with Gasteiger partial charge in [0.05, 0.1) is 24.5 Å². The van der Waals surface area contributed by atoms with E-state index in [0.29, 0.717) is 13.2 Å². The monoisotopic (exact) mass is 335 g/mol. The number of hydrogen-bond acceptors (Lipinski definition) is 3. The summed E-state index contributed by atoms with van der Waals surface area (Å²) in [5, 5.41) is 0. The fraction of sp³-hybridized carbons (Fsp3) is 0.900. The zero-order chi connectivity index (χ0) is 14.2. The van der Waals surface area contributed by atoms with Crippen molar-refractivity contribution >= 4 is 21.8 Å². The molecular weight excluding hydrogens is 319 g/mol. The highest BCUT2D eigenvalue weighted by molar-refractivity contribution is 9.09. The highest BCUT2D eigenvalue weighted by Crippen LogP contribution is 2.14. The summed E-state index contributed by atoms with van der Waals surface area (Å²) in [6, 6.07) is 0. The van der Waals surface area contributed by atoms with E-state index in [1.54, 1.807) is 14.2 Å². The molecular formula is C10H17BrF3NO3. The molecule has 0 aromatic carbocycles. The zero-order valence-corrected chi connectivity index (χ0v) is 11.9. The Balaban J connectivity index is 3.75. The molecule has 0 radical (unpaired) electrons. The van der Waals surface area contributed by atoms with Gasteiger partial charge in [-0.1, -0.05) is 15.9 Å². The third kappa shape index (κ3) is 9.67. The SMILES string of the molecule is COCC(Br)CN(C)C(=O)CCOCC(F)(F)F. The average Bonchev–Trinajstić information content (AvgIpc) is 2.22. The third-order valence-electron chi connectivity index (χ3n) is 1.97. The van der Waals surface area contributed by atoms with Gasteiger partial charge in [-0.3, -0.25) is 4.79 Å². The number of hydrogen-bond donors (Lipinski definition) is 0. The number of halogens is 4. The van der Waals surface area contributed by atoms with Crippen molar-refractivity contribution in [2.45, 2.75) is 17.4 Å². The number of rotatable bonds is 8. The van der Waals surface area contributed by atoms with Crippen molar-refractivity contribution in [3.63, 3.8) is 0 Å².